The number of hydrogen-bond acceptors (Lipinski definition) is 3. The quantitative estimate of drug-likeness (QED) is 0.775. The van der Waals surface area contributed by atoms with Crippen molar-refractivity contribution in [1.29, 1.82) is 0 Å². The highest BCUT2D eigenvalue weighted by Crippen LogP contribution is 2.54. The Hall–Kier alpha value is -0.120. The maximum Gasteiger partial charge on any atom is 0.0897 e. The maximum atomic E-state index is 9.97. The molecule has 4 aliphatic rings. The van der Waals surface area contributed by atoms with Gasteiger partial charge in [0, 0.05) is 12.6 Å². The van der Waals surface area contributed by atoms with Crippen LogP contribution in [0.15, 0.2) is 0 Å². The first-order valence-corrected chi connectivity index (χ1v) is 8.15. The highest BCUT2D eigenvalue weighted by molar-refractivity contribution is 4.99. The first-order chi connectivity index (χ1) is 9.11. The third-order valence-electron chi connectivity index (χ3n) is 5.38. The van der Waals surface area contributed by atoms with Gasteiger partial charge in [-0.05, 0) is 55.8 Å². The van der Waals surface area contributed by atoms with Gasteiger partial charge >= 0.3 is 0 Å². The van der Waals surface area contributed by atoms with Crippen LogP contribution in [0.5, 0.6) is 0 Å². The molecule has 3 heteroatoms. The van der Waals surface area contributed by atoms with E-state index in [0.717, 1.165) is 23.7 Å². The van der Waals surface area contributed by atoms with Crippen LogP contribution in [0.3, 0.4) is 0 Å². The minimum absolute atomic E-state index is 0.361. The molecule has 3 nitrogen and oxygen atoms in total. The number of aliphatic hydroxyl groups excluding tert-OH is 1. The van der Waals surface area contributed by atoms with Crippen LogP contribution >= 0.6 is 0 Å². The van der Waals surface area contributed by atoms with Gasteiger partial charge < -0.3 is 15.2 Å². The van der Waals surface area contributed by atoms with E-state index in [4.69, 9.17) is 4.74 Å². The fraction of sp³-hybridized carbons (Fsp3) is 1.00. The van der Waals surface area contributed by atoms with E-state index in [9.17, 15) is 5.11 Å². The van der Waals surface area contributed by atoms with Crippen molar-refractivity contribution in [1.82, 2.24) is 5.32 Å². The molecule has 4 bridgehead atoms. The molecule has 2 N–H and O–H groups in total. The molecule has 19 heavy (non-hydrogen) atoms. The summed E-state index contributed by atoms with van der Waals surface area (Å²) in [5, 5.41) is 13.2. The van der Waals surface area contributed by atoms with Gasteiger partial charge in [0.15, 0.2) is 0 Å². The van der Waals surface area contributed by atoms with E-state index in [2.05, 4.69) is 19.2 Å². The predicted octanol–water partition coefficient (Wildman–Crippen LogP) is 2.19. The average Bonchev–Trinajstić information content (AvgIpc) is 2.34. The van der Waals surface area contributed by atoms with E-state index in [0.29, 0.717) is 25.3 Å². The van der Waals surface area contributed by atoms with Crippen LogP contribution in [0.4, 0.5) is 0 Å². The Morgan fingerprint density at radius 3 is 2.16 bits per heavy atom. The molecule has 0 aliphatic heterocycles. The zero-order valence-corrected chi connectivity index (χ0v) is 12.3. The molecular formula is C16H29NO2. The summed E-state index contributed by atoms with van der Waals surface area (Å²) < 4.78 is 6.12. The van der Waals surface area contributed by atoms with Crippen molar-refractivity contribution in [3.63, 3.8) is 0 Å². The number of rotatable bonds is 6. The Balaban J connectivity index is 1.45. The molecule has 0 heterocycles. The molecule has 0 saturated heterocycles. The van der Waals surface area contributed by atoms with E-state index in [-0.39, 0.29) is 6.10 Å². The van der Waals surface area contributed by atoms with E-state index in [1.165, 1.54) is 32.1 Å². The lowest BCUT2D eigenvalue weighted by molar-refractivity contribution is -0.139. The normalized spacial score (nSPS) is 42.0. The van der Waals surface area contributed by atoms with Gasteiger partial charge in [0.25, 0.3) is 0 Å². The van der Waals surface area contributed by atoms with Crippen LogP contribution < -0.4 is 5.32 Å². The summed E-state index contributed by atoms with van der Waals surface area (Å²) >= 11 is 0. The smallest absolute Gasteiger partial charge is 0.0897 e. The van der Waals surface area contributed by atoms with Gasteiger partial charge in [0.1, 0.15) is 0 Å². The molecule has 0 unspecified atom stereocenters. The predicted molar refractivity (Wildman–Crippen MR) is 75.9 cm³/mol. The van der Waals surface area contributed by atoms with Gasteiger partial charge in [-0.15, -0.1) is 0 Å². The zero-order chi connectivity index (χ0) is 13.4. The molecule has 4 saturated carbocycles. The summed E-state index contributed by atoms with van der Waals surface area (Å²) in [7, 11) is 0. The molecule has 110 valence electrons. The Morgan fingerprint density at radius 1 is 1.05 bits per heavy atom. The summed E-state index contributed by atoms with van der Waals surface area (Å²) in [5.74, 6) is 3.58. The number of hydrogen-bond donors (Lipinski definition) is 2. The number of ether oxygens (including phenoxy) is 1. The highest BCUT2D eigenvalue weighted by atomic mass is 16.5. The summed E-state index contributed by atoms with van der Waals surface area (Å²) in [5.41, 5.74) is 0. The second-order valence-corrected chi connectivity index (χ2v) is 7.45. The van der Waals surface area contributed by atoms with Crippen molar-refractivity contribution in [2.24, 2.45) is 23.7 Å². The summed E-state index contributed by atoms with van der Waals surface area (Å²) in [6.45, 7) is 5.36. The van der Waals surface area contributed by atoms with Gasteiger partial charge in [-0.2, -0.15) is 0 Å². The van der Waals surface area contributed by atoms with Gasteiger partial charge in [0.2, 0.25) is 0 Å². The molecule has 0 aromatic heterocycles. The van der Waals surface area contributed by atoms with E-state index >= 15 is 0 Å². The topological polar surface area (TPSA) is 41.5 Å². The van der Waals surface area contributed by atoms with Crippen LogP contribution in [-0.2, 0) is 4.74 Å². The standard InChI is InChI=1S/C16H29NO2/c1-10(2)17-8-15(18)9-19-16-13-4-11-3-12(6-13)7-14(16)5-11/h10-18H,3-9H2,1-2H3/t11?,12?,13?,14?,15-,16?/m1/s1. The summed E-state index contributed by atoms with van der Waals surface area (Å²) in [6, 6.07) is 0.427. The number of nitrogens with one attached hydrogen (secondary N) is 1. The summed E-state index contributed by atoms with van der Waals surface area (Å²) in [6.07, 6.45) is 7.12. The average molecular weight is 267 g/mol. The Kier molecular flexibility index (Phi) is 4.16. The van der Waals surface area contributed by atoms with Crippen molar-refractivity contribution in [3.8, 4) is 0 Å². The minimum atomic E-state index is -0.361. The van der Waals surface area contributed by atoms with Crippen LogP contribution in [0.2, 0.25) is 0 Å². The van der Waals surface area contributed by atoms with Gasteiger partial charge in [-0.25, -0.2) is 0 Å². The second-order valence-electron chi connectivity index (χ2n) is 7.45. The van der Waals surface area contributed by atoms with E-state index in [1.54, 1.807) is 0 Å². The third kappa shape index (κ3) is 3.14. The second kappa shape index (κ2) is 5.71. The lowest BCUT2D eigenvalue weighted by atomic mass is 9.55. The first-order valence-electron chi connectivity index (χ1n) is 8.15. The third-order valence-corrected chi connectivity index (χ3v) is 5.38. The fourth-order valence-electron chi connectivity index (χ4n) is 4.80. The zero-order valence-electron chi connectivity index (χ0n) is 12.3. The largest absolute Gasteiger partial charge is 0.389 e. The van der Waals surface area contributed by atoms with Crippen molar-refractivity contribution < 1.29 is 9.84 Å². The molecular weight excluding hydrogens is 238 g/mol. The van der Waals surface area contributed by atoms with Gasteiger partial charge in [-0.3, -0.25) is 0 Å². The highest BCUT2D eigenvalue weighted by Gasteiger charge is 2.48. The molecule has 1 atom stereocenters. The van der Waals surface area contributed by atoms with Crippen molar-refractivity contribution in [3.05, 3.63) is 0 Å². The SMILES string of the molecule is CC(C)NC[C@@H](O)COC1C2CC3CC(C2)CC1C3. The molecule has 4 rings (SSSR count). The van der Waals surface area contributed by atoms with Gasteiger partial charge in [-0.1, -0.05) is 13.8 Å². The molecule has 0 aromatic rings. The first kappa shape index (κ1) is 13.8. The van der Waals surface area contributed by atoms with E-state index in [1.807, 2.05) is 0 Å². The van der Waals surface area contributed by atoms with Crippen molar-refractivity contribution >= 4 is 0 Å². The fourth-order valence-corrected chi connectivity index (χ4v) is 4.80. The van der Waals surface area contributed by atoms with Crippen molar-refractivity contribution in [2.75, 3.05) is 13.2 Å². The van der Waals surface area contributed by atoms with Crippen LogP contribution in [0, 0.1) is 23.7 Å². The molecule has 4 fully saturated rings. The minimum Gasteiger partial charge on any atom is -0.389 e. The summed E-state index contributed by atoms with van der Waals surface area (Å²) in [4.78, 5) is 0. The lowest BCUT2D eigenvalue weighted by Crippen LogP contribution is -2.50. The van der Waals surface area contributed by atoms with Crippen LogP contribution in [0.25, 0.3) is 0 Å². The Morgan fingerprint density at radius 2 is 1.63 bits per heavy atom. The molecule has 0 amide bonds. The van der Waals surface area contributed by atoms with Crippen LogP contribution in [-0.4, -0.2) is 36.5 Å². The molecule has 0 aromatic carbocycles. The van der Waals surface area contributed by atoms with E-state index < -0.39 is 0 Å². The van der Waals surface area contributed by atoms with Crippen molar-refractivity contribution in [2.45, 2.75) is 64.2 Å². The number of aliphatic hydroxyl groups is 1. The lowest BCUT2D eigenvalue weighted by Gasteiger charge is -2.54. The monoisotopic (exact) mass is 267 g/mol. The Labute approximate surface area is 117 Å². The molecule has 4 aliphatic carbocycles. The molecule has 0 radical (unpaired) electrons. The Bertz CT molecular complexity index is 277. The van der Waals surface area contributed by atoms with Gasteiger partial charge in [0.05, 0.1) is 18.8 Å². The maximum absolute atomic E-state index is 9.97. The van der Waals surface area contributed by atoms with Crippen LogP contribution in [0.1, 0.15) is 46.0 Å². The molecule has 0 spiro atoms.